The van der Waals surface area contributed by atoms with Crippen LogP contribution in [-0.2, 0) is 0 Å². The molecule has 4 rings (SSSR count). The highest BCUT2D eigenvalue weighted by molar-refractivity contribution is 6.08. The molecule has 0 radical (unpaired) electrons. The first-order chi connectivity index (χ1) is 11.1. The van der Waals surface area contributed by atoms with Crippen LogP contribution in [-0.4, -0.2) is 30.7 Å². The van der Waals surface area contributed by atoms with Gasteiger partial charge in [-0.3, -0.25) is 9.89 Å². The average molecular weight is 306 g/mol. The van der Waals surface area contributed by atoms with Crippen LogP contribution in [0, 0.1) is 13.8 Å². The van der Waals surface area contributed by atoms with Crippen molar-refractivity contribution >= 4 is 28.1 Å². The molecule has 0 saturated carbocycles. The van der Waals surface area contributed by atoms with Crippen molar-refractivity contribution in [1.82, 2.24) is 24.8 Å². The fourth-order valence-corrected chi connectivity index (χ4v) is 2.65. The van der Waals surface area contributed by atoms with Gasteiger partial charge in [-0.1, -0.05) is 0 Å². The monoisotopic (exact) mass is 306 g/mol. The molecule has 114 valence electrons. The molecule has 3 aromatic heterocycles. The van der Waals surface area contributed by atoms with Gasteiger partial charge in [0.15, 0.2) is 5.65 Å². The van der Waals surface area contributed by atoms with Crippen molar-refractivity contribution in [2.45, 2.75) is 13.8 Å². The molecule has 0 aliphatic rings. The lowest BCUT2D eigenvalue weighted by Gasteiger charge is -2.05. The molecule has 0 fully saturated rings. The molecule has 2 N–H and O–H groups in total. The summed E-state index contributed by atoms with van der Waals surface area (Å²) in [6, 6.07) is 7.50. The van der Waals surface area contributed by atoms with E-state index in [4.69, 9.17) is 0 Å². The Morgan fingerprint density at radius 3 is 2.96 bits per heavy atom. The van der Waals surface area contributed by atoms with E-state index in [1.807, 2.05) is 38.1 Å². The highest BCUT2D eigenvalue weighted by atomic mass is 16.1. The first kappa shape index (κ1) is 13.4. The number of carbonyl (C=O) groups is 1. The van der Waals surface area contributed by atoms with Crippen LogP contribution in [0.25, 0.3) is 16.6 Å². The number of carbonyl (C=O) groups excluding carboxylic acids is 1. The number of aromatic amines is 1. The minimum absolute atomic E-state index is 0.236. The van der Waals surface area contributed by atoms with E-state index in [0.717, 1.165) is 22.3 Å². The van der Waals surface area contributed by atoms with Gasteiger partial charge in [0.05, 0.1) is 17.9 Å². The summed E-state index contributed by atoms with van der Waals surface area (Å²) in [5, 5.41) is 14.9. The van der Waals surface area contributed by atoms with Crippen molar-refractivity contribution < 1.29 is 4.79 Å². The van der Waals surface area contributed by atoms with Crippen molar-refractivity contribution in [3.05, 3.63) is 53.6 Å². The van der Waals surface area contributed by atoms with Crippen LogP contribution in [0.3, 0.4) is 0 Å². The fourth-order valence-electron chi connectivity index (χ4n) is 2.65. The zero-order chi connectivity index (χ0) is 16.0. The molecule has 0 unspecified atom stereocenters. The van der Waals surface area contributed by atoms with E-state index < -0.39 is 0 Å². The van der Waals surface area contributed by atoms with Gasteiger partial charge in [0.25, 0.3) is 5.91 Å². The van der Waals surface area contributed by atoms with Crippen molar-refractivity contribution in [3.8, 4) is 0 Å². The molecule has 23 heavy (non-hydrogen) atoms. The molecule has 7 heteroatoms. The maximum Gasteiger partial charge on any atom is 0.261 e. The molecule has 4 aromatic rings. The average Bonchev–Trinajstić information content (AvgIpc) is 3.12. The second kappa shape index (κ2) is 4.91. The highest BCUT2D eigenvalue weighted by Gasteiger charge is 2.15. The minimum Gasteiger partial charge on any atom is -0.322 e. The lowest BCUT2D eigenvalue weighted by molar-refractivity contribution is 0.102. The predicted octanol–water partition coefficient (Wildman–Crippen LogP) is 2.47. The molecule has 0 atom stereocenters. The Morgan fingerprint density at radius 1 is 1.22 bits per heavy atom. The maximum atomic E-state index is 12.6. The highest BCUT2D eigenvalue weighted by Crippen LogP contribution is 2.19. The molecule has 0 bridgehead atoms. The van der Waals surface area contributed by atoms with E-state index in [2.05, 4.69) is 25.6 Å². The van der Waals surface area contributed by atoms with Gasteiger partial charge in [-0.25, -0.2) is 9.50 Å². The molecule has 0 aliphatic carbocycles. The van der Waals surface area contributed by atoms with Gasteiger partial charge in [-0.05, 0) is 38.1 Å². The smallest absolute Gasteiger partial charge is 0.261 e. The van der Waals surface area contributed by atoms with Gasteiger partial charge < -0.3 is 5.32 Å². The molecule has 1 amide bonds. The normalized spacial score (nSPS) is 11.2. The lowest BCUT2D eigenvalue weighted by atomic mass is 10.2. The first-order valence-electron chi connectivity index (χ1n) is 7.18. The Hall–Kier alpha value is -3.22. The van der Waals surface area contributed by atoms with Crippen molar-refractivity contribution in [3.63, 3.8) is 0 Å². The van der Waals surface area contributed by atoms with E-state index in [1.165, 1.54) is 0 Å². The number of anilines is 1. The van der Waals surface area contributed by atoms with Gasteiger partial charge in [0.2, 0.25) is 0 Å². The SMILES string of the molecule is Cc1cc(C)n2ncc(C(=O)Nc3ccc4[nH]ncc4c3)c2n1. The number of fused-ring (bicyclic) bond motifs is 2. The largest absolute Gasteiger partial charge is 0.322 e. The summed E-state index contributed by atoms with van der Waals surface area (Å²) in [5.41, 5.74) is 4.42. The third-order valence-corrected chi connectivity index (χ3v) is 3.72. The van der Waals surface area contributed by atoms with Gasteiger partial charge >= 0.3 is 0 Å². The van der Waals surface area contributed by atoms with Crippen molar-refractivity contribution in [2.24, 2.45) is 0 Å². The van der Waals surface area contributed by atoms with Crippen LogP contribution >= 0.6 is 0 Å². The second-order valence-corrected chi connectivity index (χ2v) is 5.46. The number of amides is 1. The minimum atomic E-state index is -0.236. The number of aryl methyl sites for hydroxylation is 2. The van der Waals surface area contributed by atoms with E-state index in [1.54, 1.807) is 16.9 Å². The third kappa shape index (κ3) is 2.22. The molecule has 0 aliphatic heterocycles. The number of benzene rings is 1. The Kier molecular flexibility index (Phi) is 2.87. The molecule has 7 nitrogen and oxygen atoms in total. The Morgan fingerprint density at radius 2 is 2.09 bits per heavy atom. The fraction of sp³-hybridized carbons (Fsp3) is 0.125. The van der Waals surface area contributed by atoms with Crippen LogP contribution in [0.4, 0.5) is 5.69 Å². The van der Waals surface area contributed by atoms with Crippen LogP contribution in [0.5, 0.6) is 0 Å². The van der Waals surface area contributed by atoms with Crippen LogP contribution in [0.1, 0.15) is 21.7 Å². The third-order valence-electron chi connectivity index (χ3n) is 3.72. The van der Waals surface area contributed by atoms with Crippen LogP contribution < -0.4 is 5.32 Å². The van der Waals surface area contributed by atoms with E-state index in [0.29, 0.717) is 16.9 Å². The van der Waals surface area contributed by atoms with E-state index in [9.17, 15) is 4.79 Å². The van der Waals surface area contributed by atoms with Gasteiger partial charge in [-0.2, -0.15) is 10.2 Å². The lowest BCUT2D eigenvalue weighted by Crippen LogP contribution is -2.12. The molecule has 0 saturated heterocycles. The molecular weight excluding hydrogens is 292 g/mol. The predicted molar refractivity (Wildman–Crippen MR) is 86.5 cm³/mol. The molecule has 0 spiro atoms. The molecule has 1 aromatic carbocycles. The summed E-state index contributed by atoms with van der Waals surface area (Å²) >= 11 is 0. The number of hydrogen-bond acceptors (Lipinski definition) is 4. The summed E-state index contributed by atoms with van der Waals surface area (Å²) in [6.45, 7) is 3.83. The molecular formula is C16H14N6O. The van der Waals surface area contributed by atoms with Gasteiger partial charge in [0, 0.05) is 22.5 Å². The number of H-pyrrole nitrogens is 1. The summed E-state index contributed by atoms with van der Waals surface area (Å²) in [5.74, 6) is -0.236. The number of aromatic nitrogens is 5. The number of nitrogens with one attached hydrogen (secondary N) is 2. The summed E-state index contributed by atoms with van der Waals surface area (Å²) < 4.78 is 1.67. The maximum absolute atomic E-state index is 12.6. The first-order valence-corrected chi connectivity index (χ1v) is 7.18. The summed E-state index contributed by atoms with van der Waals surface area (Å²) in [6.07, 6.45) is 3.26. The number of rotatable bonds is 2. The van der Waals surface area contributed by atoms with Crippen molar-refractivity contribution in [1.29, 1.82) is 0 Å². The Labute approximate surface area is 131 Å². The zero-order valence-electron chi connectivity index (χ0n) is 12.7. The Bertz CT molecular complexity index is 1050. The quantitative estimate of drug-likeness (QED) is 0.595. The molecule has 3 heterocycles. The van der Waals surface area contributed by atoms with E-state index in [-0.39, 0.29) is 5.91 Å². The number of nitrogens with zero attached hydrogens (tertiary/aromatic N) is 4. The number of hydrogen-bond donors (Lipinski definition) is 2. The Balaban J connectivity index is 1.71. The van der Waals surface area contributed by atoms with Crippen LogP contribution in [0.2, 0.25) is 0 Å². The summed E-state index contributed by atoms with van der Waals surface area (Å²) in [7, 11) is 0. The van der Waals surface area contributed by atoms with E-state index >= 15 is 0 Å². The van der Waals surface area contributed by atoms with Crippen molar-refractivity contribution in [2.75, 3.05) is 5.32 Å². The standard InChI is InChI=1S/C16H14N6O/c1-9-5-10(2)22-15(19-9)13(8-18-22)16(23)20-12-3-4-14-11(6-12)7-17-21-14/h3-8H,1-2H3,(H,17,21)(H,20,23). The van der Waals surface area contributed by atoms with Crippen LogP contribution in [0.15, 0.2) is 36.7 Å². The topological polar surface area (TPSA) is 88.0 Å². The van der Waals surface area contributed by atoms with Gasteiger partial charge in [0.1, 0.15) is 5.56 Å². The second-order valence-electron chi connectivity index (χ2n) is 5.46. The van der Waals surface area contributed by atoms with Gasteiger partial charge in [-0.15, -0.1) is 0 Å². The summed E-state index contributed by atoms with van der Waals surface area (Å²) in [4.78, 5) is 17.0. The zero-order valence-corrected chi connectivity index (χ0v) is 12.7.